The van der Waals surface area contributed by atoms with Crippen LogP contribution in [0.4, 0.5) is 5.69 Å². The van der Waals surface area contributed by atoms with Crippen molar-refractivity contribution in [2.24, 2.45) is 0 Å². The molecule has 1 amide bonds. The molecule has 0 spiro atoms. The van der Waals surface area contributed by atoms with E-state index in [0.29, 0.717) is 17.4 Å². The Morgan fingerprint density at radius 2 is 1.75 bits per heavy atom. The number of rotatable bonds is 6. The fourth-order valence-corrected chi connectivity index (χ4v) is 2.59. The van der Waals surface area contributed by atoms with Crippen molar-refractivity contribution in [3.63, 3.8) is 0 Å². The van der Waals surface area contributed by atoms with Crippen molar-refractivity contribution in [3.8, 4) is 5.75 Å². The van der Waals surface area contributed by atoms with Crippen molar-refractivity contribution in [2.45, 2.75) is 20.3 Å². The van der Waals surface area contributed by atoms with Gasteiger partial charge >= 0.3 is 0 Å². The number of amides is 1. The van der Waals surface area contributed by atoms with E-state index in [1.165, 1.54) is 5.56 Å². The van der Waals surface area contributed by atoms with Crippen molar-refractivity contribution in [3.05, 3.63) is 60.2 Å². The number of hydrogen-bond donors (Lipinski definition) is 1. The predicted molar refractivity (Wildman–Crippen MR) is 102 cm³/mol. The van der Waals surface area contributed by atoms with Gasteiger partial charge in [0.1, 0.15) is 5.75 Å². The van der Waals surface area contributed by atoms with Crippen LogP contribution < -0.4 is 15.0 Å². The molecule has 0 atom stereocenters. The third kappa shape index (κ3) is 5.06. The maximum Gasteiger partial charge on any atom is 0.264 e. The molecular weight excluding hydrogens is 320 g/mol. The summed E-state index contributed by atoms with van der Waals surface area (Å²) in [4.78, 5) is 13.9. The van der Waals surface area contributed by atoms with E-state index >= 15 is 0 Å². The first-order valence-corrected chi connectivity index (χ1v) is 8.43. The van der Waals surface area contributed by atoms with Crippen molar-refractivity contribution in [1.29, 1.82) is 0 Å². The summed E-state index contributed by atoms with van der Waals surface area (Å²) in [7, 11) is 0. The lowest BCUT2D eigenvalue weighted by Gasteiger charge is -2.23. The lowest BCUT2D eigenvalue weighted by molar-refractivity contribution is -0.121. The minimum atomic E-state index is -0.269. The number of benzene rings is 2. The third-order valence-electron chi connectivity index (χ3n) is 3.58. The van der Waals surface area contributed by atoms with E-state index in [0.717, 1.165) is 12.1 Å². The summed E-state index contributed by atoms with van der Waals surface area (Å²) in [6.45, 7) is 4.67. The van der Waals surface area contributed by atoms with E-state index < -0.39 is 0 Å². The largest absolute Gasteiger partial charge is 0.484 e. The number of para-hydroxylation sites is 1. The highest BCUT2D eigenvalue weighted by Gasteiger charge is 2.13. The lowest BCUT2D eigenvalue weighted by Crippen LogP contribution is -2.44. The van der Waals surface area contributed by atoms with Gasteiger partial charge < -0.3 is 9.64 Å². The normalized spacial score (nSPS) is 10.1. The van der Waals surface area contributed by atoms with Gasteiger partial charge in [0, 0.05) is 12.2 Å². The fourth-order valence-electron chi connectivity index (χ4n) is 2.24. The highest BCUT2D eigenvalue weighted by molar-refractivity contribution is 7.80. The molecule has 0 saturated heterocycles. The Morgan fingerprint density at radius 3 is 2.33 bits per heavy atom. The summed E-state index contributed by atoms with van der Waals surface area (Å²) >= 11 is 5.33. The average Bonchev–Trinajstić information content (AvgIpc) is 2.62. The maximum absolute atomic E-state index is 12.1. The summed E-state index contributed by atoms with van der Waals surface area (Å²) in [5, 5.41) is 3.09. The van der Waals surface area contributed by atoms with E-state index in [-0.39, 0.29) is 12.5 Å². The second-order valence-electron chi connectivity index (χ2n) is 5.22. The molecule has 2 rings (SSSR count). The van der Waals surface area contributed by atoms with Gasteiger partial charge in [-0.2, -0.15) is 0 Å². The van der Waals surface area contributed by atoms with Crippen molar-refractivity contribution in [2.75, 3.05) is 18.1 Å². The number of hydrogen-bond acceptors (Lipinski definition) is 3. The number of anilines is 1. The Kier molecular flexibility index (Phi) is 6.75. The fraction of sp³-hybridized carbons (Fsp3) is 0.263. The monoisotopic (exact) mass is 342 g/mol. The second kappa shape index (κ2) is 9.03. The van der Waals surface area contributed by atoms with Crippen molar-refractivity contribution < 1.29 is 9.53 Å². The highest BCUT2D eigenvalue weighted by atomic mass is 32.1. The molecule has 0 radical (unpaired) electrons. The maximum atomic E-state index is 12.1. The first-order valence-electron chi connectivity index (χ1n) is 8.02. The molecule has 24 heavy (non-hydrogen) atoms. The first kappa shape index (κ1) is 17.9. The molecule has 0 bridgehead atoms. The van der Waals surface area contributed by atoms with Gasteiger partial charge in [-0.3, -0.25) is 10.1 Å². The Labute approximate surface area is 148 Å². The number of carbonyl (C=O) groups excluding carboxylic acids is 1. The van der Waals surface area contributed by atoms with E-state index in [1.807, 2.05) is 66.4 Å². The standard InChI is InChI=1S/C19H22N2O2S/c1-3-15-10-12-17(13-11-15)23-14-18(22)20-19(24)21(4-2)16-8-6-5-7-9-16/h5-13H,3-4,14H2,1-2H3,(H,20,22,24). The van der Waals surface area contributed by atoms with Crippen LogP contribution in [-0.2, 0) is 11.2 Å². The van der Waals surface area contributed by atoms with Gasteiger partial charge in [0.25, 0.3) is 5.91 Å². The molecule has 126 valence electrons. The Hall–Kier alpha value is -2.40. The Bertz CT molecular complexity index is 672. The molecule has 1 N–H and O–H groups in total. The summed E-state index contributed by atoms with van der Waals surface area (Å²) in [5.41, 5.74) is 2.18. The first-order chi connectivity index (χ1) is 11.6. The van der Waals surface area contributed by atoms with Crippen molar-refractivity contribution >= 4 is 28.9 Å². The minimum Gasteiger partial charge on any atom is -0.484 e. The molecule has 0 unspecified atom stereocenters. The quantitative estimate of drug-likeness (QED) is 0.815. The lowest BCUT2D eigenvalue weighted by atomic mass is 10.2. The van der Waals surface area contributed by atoms with Crippen LogP contribution in [-0.4, -0.2) is 24.2 Å². The molecule has 2 aromatic rings. The second-order valence-corrected chi connectivity index (χ2v) is 5.61. The molecular formula is C19H22N2O2S. The zero-order chi connectivity index (χ0) is 17.4. The number of nitrogens with one attached hydrogen (secondary N) is 1. The number of nitrogens with zero attached hydrogens (tertiary/aromatic N) is 1. The highest BCUT2D eigenvalue weighted by Crippen LogP contribution is 2.14. The molecule has 0 aliphatic carbocycles. The molecule has 5 heteroatoms. The zero-order valence-electron chi connectivity index (χ0n) is 14.0. The molecule has 2 aromatic carbocycles. The van der Waals surface area contributed by atoms with E-state index in [9.17, 15) is 4.79 Å². The van der Waals surface area contributed by atoms with Gasteiger partial charge in [-0.15, -0.1) is 0 Å². The Morgan fingerprint density at radius 1 is 1.08 bits per heavy atom. The minimum absolute atomic E-state index is 0.0715. The van der Waals surface area contributed by atoms with Crippen LogP contribution in [0.5, 0.6) is 5.75 Å². The van der Waals surface area contributed by atoms with Crippen LogP contribution in [0, 0.1) is 0 Å². The Balaban J connectivity index is 1.87. The molecule has 0 aliphatic heterocycles. The smallest absolute Gasteiger partial charge is 0.264 e. The van der Waals surface area contributed by atoms with Crippen LogP contribution in [0.1, 0.15) is 19.4 Å². The van der Waals surface area contributed by atoms with Gasteiger partial charge in [0.15, 0.2) is 11.7 Å². The number of thiocarbonyl (C=S) groups is 1. The van der Waals surface area contributed by atoms with Crippen LogP contribution in [0.3, 0.4) is 0 Å². The van der Waals surface area contributed by atoms with Gasteiger partial charge in [0.2, 0.25) is 0 Å². The summed E-state index contributed by atoms with van der Waals surface area (Å²) < 4.78 is 5.50. The van der Waals surface area contributed by atoms with Crippen LogP contribution >= 0.6 is 12.2 Å². The zero-order valence-corrected chi connectivity index (χ0v) is 14.8. The van der Waals surface area contributed by atoms with Crippen LogP contribution in [0.25, 0.3) is 0 Å². The average molecular weight is 342 g/mol. The van der Waals surface area contributed by atoms with Gasteiger partial charge in [0.05, 0.1) is 0 Å². The summed E-state index contributed by atoms with van der Waals surface area (Å²) in [6, 6.07) is 17.4. The molecule has 0 aliphatic rings. The SMILES string of the molecule is CCc1ccc(OCC(=O)NC(=S)N(CC)c2ccccc2)cc1. The summed E-state index contributed by atoms with van der Waals surface area (Å²) in [6.07, 6.45) is 0.974. The number of aryl methyl sites for hydroxylation is 1. The third-order valence-corrected chi connectivity index (χ3v) is 3.90. The number of carbonyl (C=O) groups is 1. The van der Waals surface area contributed by atoms with Gasteiger partial charge in [-0.25, -0.2) is 0 Å². The predicted octanol–water partition coefficient (Wildman–Crippen LogP) is 3.56. The van der Waals surface area contributed by atoms with Gasteiger partial charge in [-0.05, 0) is 55.4 Å². The van der Waals surface area contributed by atoms with Gasteiger partial charge in [-0.1, -0.05) is 37.3 Å². The summed E-state index contributed by atoms with van der Waals surface area (Å²) in [5.74, 6) is 0.401. The molecule has 0 aromatic heterocycles. The van der Waals surface area contributed by atoms with Crippen LogP contribution in [0.15, 0.2) is 54.6 Å². The molecule has 0 heterocycles. The molecule has 0 saturated carbocycles. The van der Waals surface area contributed by atoms with Crippen molar-refractivity contribution in [1.82, 2.24) is 5.32 Å². The molecule has 4 nitrogen and oxygen atoms in total. The topological polar surface area (TPSA) is 41.6 Å². The van der Waals surface area contributed by atoms with E-state index in [2.05, 4.69) is 12.2 Å². The number of ether oxygens (including phenoxy) is 1. The van der Waals surface area contributed by atoms with E-state index in [1.54, 1.807) is 0 Å². The van der Waals surface area contributed by atoms with E-state index in [4.69, 9.17) is 17.0 Å². The molecule has 0 fully saturated rings. The van der Waals surface area contributed by atoms with Crippen LogP contribution in [0.2, 0.25) is 0 Å².